The molecule has 0 spiro atoms. The van der Waals surface area contributed by atoms with E-state index < -0.39 is 0 Å². The van der Waals surface area contributed by atoms with E-state index in [4.69, 9.17) is 0 Å². The molecule has 0 unspecified atom stereocenters. The fourth-order valence-corrected chi connectivity index (χ4v) is 2.30. The number of hydrogen-bond acceptors (Lipinski definition) is 3. The van der Waals surface area contributed by atoms with Crippen LogP contribution in [-0.4, -0.2) is 34.7 Å². The number of nitrogens with one attached hydrogen (secondary N) is 1. The zero-order chi connectivity index (χ0) is 15.9. The van der Waals surface area contributed by atoms with Crippen molar-refractivity contribution in [2.75, 3.05) is 14.1 Å². The second-order valence-corrected chi connectivity index (χ2v) is 5.67. The van der Waals surface area contributed by atoms with Crippen molar-refractivity contribution >= 4 is 5.91 Å². The molecule has 1 amide bonds. The summed E-state index contributed by atoms with van der Waals surface area (Å²) in [6, 6.07) is 10.2. The van der Waals surface area contributed by atoms with Gasteiger partial charge < -0.3 is 10.2 Å². The molecule has 1 aromatic carbocycles. The van der Waals surface area contributed by atoms with Gasteiger partial charge in [0.25, 0.3) is 0 Å². The lowest BCUT2D eigenvalue weighted by Crippen LogP contribution is -2.25. The Hall–Kier alpha value is -2.14. The average Bonchev–Trinajstić information content (AvgIpc) is 2.92. The topological polar surface area (TPSA) is 50.2 Å². The van der Waals surface area contributed by atoms with Crippen molar-refractivity contribution in [2.24, 2.45) is 0 Å². The Bertz CT molecular complexity index is 619. The predicted octanol–water partition coefficient (Wildman–Crippen LogP) is 1.82. The molecular formula is C17H24N4O. The van der Waals surface area contributed by atoms with Crippen molar-refractivity contribution in [1.29, 1.82) is 0 Å². The number of carbonyl (C=O) groups excluding carboxylic acids is 1. The number of rotatable bonds is 7. The molecule has 5 nitrogen and oxygen atoms in total. The lowest BCUT2D eigenvalue weighted by molar-refractivity contribution is -0.120. The number of amides is 1. The predicted molar refractivity (Wildman–Crippen MR) is 87.3 cm³/mol. The summed E-state index contributed by atoms with van der Waals surface area (Å²) in [6.07, 6.45) is 2.22. The molecule has 1 heterocycles. The minimum atomic E-state index is -0.000587. The summed E-state index contributed by atoms with van der Waals surface area (Å²) >= 11 is 0. The molecule has 2 aromatic rings. The van der Waals surface area contributed by atoms with E-state index in [1.54, 1.807) is 0 Å². The first-order chi connectivity index (χ1) is 10.6. The van der Waals surface area contributed by atoms with Crippen molar-refractivity contribution in [3.05, 3.63) is 53.3 Å². The lowest BCUT2D eigenvalue weighted by atomic mass is 10.1. The summed E-state index contributed by atoms with van der Waals surface area (Å²) in [5.74, 6) is -0.000587. The van der Waals surface area contributed by atoms with Crippen molar-refractivity contribution in [3.8, 4) is 0 Å². The normalized spacial score (nSPS) is 10.9. The van der Waals surface area contributed by atoms with Crippen molar-refractivity contribution in [2.45, 2.75) is 33.0 Å². The fourth-order valence-electron chi connectivity index (χ4n) is 2.30. The van der Waals surface area contributed by atoms with Gasteiger partial charge in [-0.1, -0.05) is 24.3 Å². The third-order valence-electron chi connectivity index (χ3n) is 3.34. The molecule has 5 heteroatoms. The van der Waals surface area contributed by atoms with Gasteiger partial charge in [-0.05, 0) is 38.2 Å². The summed E-state index contributed by atoms with van der Waals surface area (Å²) in [5.41, 5.74) is 3.17. The maximum atomic E-state index is 12.0. The molecule has 118 valence electrons. The molecule has 1 aromatic heterocycles. The first-order valence-electron chi connectivity index (χ1n) is 7.58. The van der Waals surface area contributed by atoms with E-state index in [1.165, 1.54) is 5.56 Å². The number of aromatic nitrogens is 2. The summed E-state index contributed by atoms with van der Waals surface area (Å²) < 4.78 is 1.83. The van der Waals surface area contributed by atoms with Crippen LogP contribution in [0.2, 0.25) is 0 Å². The van der Waals surface area contributed by atoms with Crippen LogP contribution in [0.1, 0.15) is 23.7 Å². The molecular weight excluding hydrogens is 276 g/mol. The highest BCUT2D eigenvalue weighted by Gasteiger charge is 2.06. The summed E-state index contributed by atoms with van der Waals surface area (Å²) in [6.45, 7) is 4.29. The molecule has 0 aliphatic heterocycles. The quantitative estimate of drug-likeness (QED) is 0.848. The van der Waals surface area contributed by atoms with Crippen molar-refractivity contribution < 1.29 is 4.79 Å². The number of benzene rings is 1. The second kappa shape index (κ2) is 7.75. The van der Waals surface area contributed by atoms with Crippen LogP contribution in [0.25, 0.3) is 0 Å². The van der Waals surface area contributed by atoms with E-state index in [9.17, 15) is 4.79 Å². The SMILES string of the molecule is CCn1ccc(CC(=O)NCc2cccc(CN(C)C)c2)n1. The van der Waals surface area contributed by atoms with E-state index in [0.717, 1.165) is 24.3 Å². The van der Waals surface area contributed by atoms with Gasteiger partial charge in [0.1, 0.15) is 0 Å². The number of aryl methyl sites for hydroxylation is 1. The van der Waals surface area contributed by atoms with Crippen LogP contribution in [0, 0.1) is 0 Å². The Morgan fingerprint density at radius 2 is 2.05 bits per heavy atom. The van der Waals surface area contributed by atoms with E-state index >= 15 is 0 Å². The monoisotopic (exact) mass is 300 g/mol. The Morgan fingerprint density at radius 1 is 1.27 bits per heavy atom. The lowest BCUT2D eigenvalue weighted by Gasteiger charge is -2.11. The molecule has 0 aliphatic carbocycles. The number of nitrogens with zero attached hydrogens (tertiary/aromatic N) is 3. The fraction of sp³-hybridized carbons (Fsp3) is 0.412. The zero-order valence-corrected chi connectivity index (χ0v) is 13.5. The highest BCUT2D eigenvalue weighted by molar-refractivity contribution is 5.78. The number of carbonyl (C=O) groups is 1. The average molecular weight is 300 g/mol. The van der Waals surface area contributed by atoms with Gasteiger partial charge in [-0.15, -0.1) is 0 Å². The Balaban J connectivity index is 1.85. The van der Waals surface area contributed by atoms with Crippen LogP contribution in [0.5, 0.6) is 0 Å². The first-order valence-corrected chi connectivity index (χ1v) is 7.58. The molecule has 0 aliphatic rings. The minimum Gasteiger partial charge on any atom is -0.352 e. The van der Waals surface area contributed by atoms with Gasteiger partial charge in [-0.25, -0.2) is 0 Å². The van der Waals surface area contributed by atoms with Crippen LogP contribution in [0.4, 0.5) is 0 Å². The maximum Gasteiger partial charge on any atom is 0.226 e. The van der Waals surface area contributed by atoms with Crippen LogP contribution < -0.4 is 5.32 Å². The molecule has 0 fully saturated rings. The van der Waals surface area contributed by atoms with Gasteiger partial charge >= 0.3 is 0 Å². The van der Waals surface area contributed by atoms with E-state index in [-0.39, 0.29) is 5.91 Å². The summed E-state index contributed by atoms with van der Waals surface area (Å²) in [5, 5.41) is 7.27. The zero-order valence-electron chi connectivity index (χ0n) is 13.5. The smallest absolute Gasteiger partial charge is 0.226 e. The molecule has 2 rings (SSSR count). The maximum absolute atomic E-state index is 12.0. The molecule has 0 radical (unpaired) electrons. The van der Waals surface area contributed by atoms with Gasteiger partial charge in [-0.3, -0.25) is 9.48 Å². The van der Waals surface area contributed by atoms with Gasteiger partial charge in [0.15, 0.2) is 0 Å². The van der Waals surface area contributed by atoms with E-state index in [1.807, 2.05) is 50.1 Å². The molecule has 0 saturated heterocycles. The van der Waals surface area contributed by atoms with Crippen LogP contribution in [0.15, 0.2) is 36.5 Å². The van der Waals surface area contributed by atoms with Gasteiger partial charge in [0.2, 0.25) is 5.91 Å². The van der Waals surface area contributed by atoms with Gasteiger partial charge in [-0.2, -0.15) is 5.10 Å². The molecule has 0 bridgehead atoms. The van der Waals surface area contributed by atoms with Crippen molar-refractivity contribution in [1.82, 2.24) is 20.0 Å². The van der Waals surface area contributed by atoms with Crippen LogP contribution >= 0.6 is 0 Å². The Labute approximate surface area is 131 Å². The second-order valence-electron chi connectivity index (χ2n) is 5.67. The van der Waals surface area contributed by atoms with Gasteiger partial charge in [0.05, 0.1) is 12.1 Å². The molecule has 22 heavy (non-hydrogen) atoms. The van der Waals surface area contributed by atoms with E-state index in [0.29, 0.717) is 13.0 Å². The highest BCUT2D eigenvalue weighted by Crippen LogP contribution is 2.07. The molecule has 0 saturated carbocycles. The van der Waals surface area contributed by atoms with Crippen molar-refractivity contribution in [3.63, 3.8) is 0 Å². The third kappa shape index (κ3) is 5.00. The van der Waals surface area contributed by atoms with Crippen LogP contribution in [0.3, 0.4) is 0 Å². The highest BCUT2D eigenvalue weighted by atomic mass is 16.1. The largest absolute Gasteiger partial charge is 0.352 e. The van der Waals surface area contributed by atoms with Crippen LogP contribution in [-0.2, 0) is 30.8 Å². The Kier molecular flexibility index (Phi) is 5.72. The summed E-state index contributed by atoms with van der Waals surface area (Å²) in [4.78, 5) is 14.1. The molecule has 1 N–H and O–H groups in total. The summed E-state index contributed by atoms with van der Waals surface area (Å²) in [7, 11) is 4.09. The third-order valence-corrected chi connectivity index (χ3v) is 3.34. The Morgan fingerprint density at radius 3 is 2.73 bits per heavy atom. The first kappa shape index (κ1) is 16.2. The standard InChI is InChI=1S/C17H24N4O/c1-4-21-9-8-16(19-21)11-17(22)18-12-14-6-5-7-15(10-14)13-20(2)3/h5-10H,4,11-13H2,1-3H3,(H,18,22). The van der Waals surface area contributed by atoms with Gasteiger partial charge in [0, 0.05) is 25.8 Å². The number of hydrogen-bond donors (Lipinski definition) is 1. The molecule has 0 atom stereocenters. The minimum absolute atomic E-state index is 0.000587. The van der Waals surface area contributed by atoms with E-state index in [2.05, 4.69) is 27.4 Å².